The summed E-state index contributed by atoms with van der Waals surface area (Å²) in [7, 11) is 0. The van der Waals surface area contributed by atoms with Crippen LogP contribution in [0.5, 0.6) is 0 Å². The van der Waals surface area contributed by atoms with Gasteiger partial charge in [-0.15, -0.1) is 0 Å². The molecule has 0 bridgehead atoms. The zero-order chi connectivity index (χ0) is 14.1. The summed E-state index contributed by atoms with van der Waals surface area (Å²) in [6.07, 6.45) is 6.25. The summed E-state index contributed by atoms with van der Waals surface area (Å²) in [6.45, 7) is 6.88. The van der Waals surface area contributed by atoms with E-state index in [2.05, 4.69) is 25.8 Å². The zero-order valence-electron chi connectivity index (χ0n) is 12.3. The van der Waals surface area contributed by atoms with E-state index < -0.39 is 5.60 Å². The highest BCUT2D eigenvalue weighted by atomic mass is 16.3. The Hall–Kier alpha value is -1.09. The molecule has 3 N–H and O–H groups in total. The highest BCUT2D eigenvalue weighted by molar-refractivity contribution is 5.39. The van der Waals surface area contributed by atoms with Crippen LogP contribution in [0, 0.1) is 11.3 Å². The summed E-state index contributed by atoms with van der Waals surface area (Å²) >= 11 is 0. The third-order valence-electron chi connectivity index (χ3n) is 4.59. The third kappa shape index (κ3) is 3.47. The number of nitrogens with two attached hydrogens (primary N) is 1. The average molecular weight is 262 g/mol. The molecule has 1 aromatic rings. The van der Waals surface area contributed by atoms with Crippen molar-refractivity contribution in [2.24, 2.45) is 11.3 Å². The van der Waals surface area contributed by atoms with Crippen LogP contribution in [0.3, 0.4) is 0 Å². The Bertz CT molecular complexity index is 429. The summed E-state index contributed by atoms with van der Waals surface area (Å²) < 4.78 is 0. The third-order valence-corrected chi connectivity index (χ3v) is 4.59. The fraction of sp³-hybridized carbons (Fsp3) is 0.688. The molecule has 2 rings (SSSR count). The first kappa shape index (κ1) is 14.3. The summed E-state index contributed by atoms with van der Waals surface area (Å²) in [4.78, 5) is 4.10. The van der Waals surface area contributed by atoms with Crippen LogP contribution >= 0.6 is 0 Å². The van der Waals surface area contributed by atoms with E-state index in [-0.39, 0.29) is 0 Å². The normalized spacial score (nSPS) is 28.3. The topological polar surface area (TPSA) is 59.1 Å². The summed E-state index contributed by atoms with van der Waals surface area (Å²) in [5.41, 5.74) is 6.59. The predicted octanol–water partition coefficient (Wildman–Crippen LogP) is 3.17. The van der Waals surface area contributed by atoms with Crippen molar-refractivity contribution >= 4 is 5.82 Å². The number of aromatic nitrogens is 1. The monoisotopic (exact) mass is 262 g/mol. The van der Waals surface area contributed by atoms with Crippen molar-refractivity contribution in [1.29, 1.82) is 0 Å². The van der Waals surface area contributed by atoms with Crippen molar-refractivity contribution in [3.8, 4) is 0 Å². The van der Waals surface area contributed by atoms with Crippen molar-refractivity contribution in [1.82, 2.24) is 4.98 Å². The second-order valence-corrected chi connectivity index (χ2v) is 7.09. The molecule has 1 heterocycles. The van der Waals surface area contributed by atoms with E-state index in [1.807, 2.05) is 12.1 Å². The lowest BCUT2D eigenvalue weighted by molar-refractivity contribution is -0.0244. The van der Waals surface area contributed by atoms with Crippen LogP contribution in [0.1, 0.15) is 52.0 Å². The minimum Gasteiger partial charge on any atom is -0.390 e. The molecule has 3 nitrogen and oxygen atoms in total. The maximum atomic E-state index is 10.7. The molecule has 0 spiro atoms. The van der Waals surface area contributed by atoms with Crippen LogP contribution in [-0.4, -0.2) is 15.7 Å². The van der Waals surface area contributed by atoms with Crippen LogP contribution in [0.4, 0.5) is 5.82 Å². The van der Waals surface area contributed by atoms with Crippen LogP contribution in [-0.2, 0) is 6.42 Å². The van der Waals surface area contributed by atoms with E-state index in [9.17, 15) is 5.11 Å². The lowest BCUT2D eigenvalue weighted by Crippen LogP contribution is -2.39. The molecule has 1 saturated carbocycles. The molecule has 0 saturated heterocycles. The van der Waals surface area contributed by atoms with Gasteiger partial charge in [0.15, 0.2) is 0 Å². The molecule has 0 radical (unpaired) electrons. The molecule has 3 heteroatoms. The molecule has 1 aliphatic carbocycles. The molecule has 19 heavy (non-hydrogen) atoms. The van der Waals surface area contributed by atoms with Gasteiger partial charge >= 0.3 is 0 Å². The van der Waals surface area contributed by atoms with Crippen LogP contribution in [0.15, 0.2) is 18.3 Å². The number of pyridine rings is 1. The van der Waals surface area contributed by atoms with Gasteiger partial charge in [-0.1, -0.05) is 26.8 Å². The van der Waals surface area contributed by atoms with Gasteiger partial charge < -0.3 is 10.8 Å². The van der Waals surface area contributed by atoms with Crippen molar-refractivity contribution in [3.05, 3.63) is 23.9 Å². The second kappa shape index (κ2) is 5.12. The molecule has 1 aliphatic rings. The van der Waals surface area contributed by atoms with Crippen molar-refractivity contribution in [3.63, 3.8) is 0 Å². The van der Waals surface area contributed by atoms with Gasteiger partial charge in [0, 0.05) is 12.6 Å². The minimum absolute atomic E-state index is 0.342. The number of nitrogen functional groups attached to an aromatic ring is 1. The molecule has 0 unspecified atom stereocenters. The maximum Gasteiger partial charge on any atom is 0.126 e. The van der Waals surface area contributed by atoms with E-state index in [0.29, 0.717) is 23.6 Å². The predicted molar refractivity (Wildman–Crippen MR) is 78.7 cm³/mol. The first-order valence-electron chi connectivity index (χ1n) is 7.22. The fourth-order valence-electron chi connectivity index (χ4n) is 3.15. The van der Waals surface area contributed by atoms with Gasteiger partial charge in [0.25, 0.3) is 0 Å². The number of aliphatic hydroxyl groups is 1. The van der Waals surface area contributed by atoms with Gasteiger partial charge in [0.05, 0.1) is 5.60 Å². The maximum absolute atomic E-state index is 10.7. The Balaban J connectivity index is 2.01. The summed E-state index contributed by atoms with van der Waals surface area (Å²) in [5, 5.41) is 10.7. The van der Waals surface area contributed by atoms with Crippen LogP contribution in [0.2, 0.25) is 0 Å². The Morgan fingerprint density at radius 2 is 2.00 bits per heavy atom. The van der Waals surface area contributed by atoms with Gasteiger partial charge in [-0.05, 0) is 48.6 Å². The van der Waals surface area contributed by atoms with E-state index in [0.717, 1.165) is 31.2 Å². The van der Waals surface area contributed by atoms with E-state index in [1.54, 1.807) is 6.20 Å². The van der Waals surface area contributed by atoms with Gasteiger partial charge in [0.2, 0.25) is 0 Å². The molecule has 106 valence electrons. The van der Waals surface area contributed by atoms with Crippen LogP contribution < -0.4 is 5.73 Å². The van der Waals surface area contributed by atoms with E-state index in [4.69, 9.17) is 5.73 Å². The van der Waals surface area contributed by atoms with Crippen molar-refractivity contribution < 1.29 is 5.11 Å². The van der Waals surface area contributed by atoms with Gasteiger partial charge in [-0.2, -0.15) is 0 Å². The Morgan fingerprint density at radius 3 is 2.53 bits per heavy atom. The average Bonchev–Trinajstić information content (AvgIpc) is 2.31. The summed E-state index contributed by atoms with van der Waals surface area (Å²) in [5.74, 6) is 1.26. The molecular formula is C16H26N2O. The second-order valence-electron chi connectivity index (χ2n) is 7.09. The first-order valence-corrected chi connectivity index (χ1v) is 7.22. The van der Waals surface area contributed by atoms with Crippen molar-refractivity contribution in [2.75, 3.05) is 5.73 Å². The number of hydrogen-bond acceptors (Lipinski definition) is 3. The quantitative estimate of drug-likeness (QED) is 0.860. The molecular weight excluding hydrogens is 236 g/mol. The number of rotatable bonds is 2. The minimum atomic E-state index is -0.598. The smallest absolute Gasteiger partial charge is 0.126 e. The van der Waals surface area contributed by atoms with Crippen LogP contribution in [0.25, 0.3) is 0 Å². The number of nitrogens with zero attached hydrogens (tertiary/aromatic N) is 1. The molecule has 0 aliphatic heterocycles. The number of anilines is 1. The van der Waals surface area contributed by atoms with Crippen molar-refractivity contribution in [2.45, 2.75) is 58.5 Å². The first-order chi connectivity index (χ1) is 8.80. The molecule has 0 aromatic carbocycles. The summed E-state index contributed by atoms with van der Waals surface area (Å²) in [6, 6.07) is 3.85. The lowest BCUT2D eigenvalue weighted by atomic mass is 9.67. The Morgan fingerprint density at radius 1 is 1.37 bits per heavy atom. The lowest BCUT2D eigenvalue weighted by Gasteiger charge is -2.41. The molecule has 0 atom stereocenters. The number of hydrogen-bond donors (Lipinski definition) is 2. The Labute approximate surface area is 116 Å². The molecule has 0 amide bonds. The molecule has 1 aromatic heterocycles. The van der Waals surface area contributed by atoms with Gasteiger partial charge in [-0.25, -0.2) is 4.98 Å². The van der Waals surface area contributed by atoms with Gasteiger partial charge in [0.1, 0.15) is 5.82 Å². The standard InChI is InChI=1S/C16H26N2O/c1-15(2,3)13-6-8-16(19,9-7-13)11-12-5-4-10-18-14(12)17/h4-5,10,13,19H,6-9,11H2,1-3H3,(H2,17,18). The van der Waals surface area contributed by atoms with E-state index in [1.165, 1.54) is 0 Å². The highest BCUT2D eigenvalue weighted by Gasteiger charge is 2.37. The van der Waals surface area contributed by atoms with E-state index >= 15 is 0 Å². The largest absolute Gasteiger partial charge is 0.390 e. The highest BCUT2D eigenvalue weighted by Crippen LogP contribution is 2.42. The molecule has 1 fully saturated rings. The SMILES string of the molecule is CC(C)(C)C1CCC(O)(Cc2cccnc2N)CC1. The Kier molecular flexibility index (Phi) is 3.86. The fourth-order valence-corrected chi connectivity index (χ4v) is 3.15. The van der Waals surface area contributed by atoms with Gasteiger partial charge in [-0.3, -0.25) is 0 Å². The zero-order valence-corrected chi connectivity index (χ0v) is 12.3.